The molecule has 0 aromatic heterocycles. The van der Waals surface area contributed by atoms with Gasteiger partial charge in [0.1, 0.15) is 0 Å². The van der Waals surface area contributed by atoms with Gasteiger partial charge in [0.2, 0.25) is 0 Å². The highest BCUT2D eigenvalue weighted by atomic mass is 79.9. The molecule has 0 fully saturated rings. The molecular weight excluding hydrogens is 294 g/mol. The van der Waals surface area contributed by atoms with Gasteiger partial charge in [0.15, 0.2) is 0 Å². The van der Waals surface area contributed by atoms with Crippen LogP contribution in [0.25, 0.3) is 0 Å². The zero-order chi connectivity index (χ0) is 12.1. The topological polar surface area (TPSA) is 26.0 Å². The van der Waals surface area contributed by atoms with Gasteiger partial charge in [-0.2, -0.15) is 0 Å². The van der Waals surface area contributed by atoms with Crippen molar-refractivity contribution in [1.29, 1.82) is 0 Å². The molecule has 1 nitrogen and oxygen atoms in total. The zero-order valence-electron chi connectivity index (χ0n) is 9.40. The predicted molar refractivity (Wildman–Crippen MR) is 78.0 cm³/mol. The van der Waals surface area contributed by atoms with Gasteiger partial charge in [0, 0.05) is 21.7 Å². The summed E-state index contributed by atoms with van der Waals surface area (Å²) >= 11 is 5.32. The molecule has 0 atom stereocenters. The second kappa shape index (κ2) is 6.24. The van der Waals surface area contributed by atoms with Gasteiger partial charge < -0.3 is 5.73 Å². The lowest BCUT2D eigenvalue weighted by molar-refractivity contribution is 1.07. The number of benzene rings is 2. The summed E-state index contributed by atoms with van der Waals surface area (Å²) in [5.41, 5.74) is 8.08. The Morgan fingerprint density at radius 1 is 1.00 bits per heavy atom. The van der Waals surface area contributed by atoms with E-state index >= 15 is 0 Å². The molecular formula is C14H14BrNS. The number of halogens is 1. The van der Waals surface area contributed by atoms with Crippen LogP contribution in [0.4, 0.5) is 0 Å². The number of hydrogen-bond acceptors (Lipinski definition) is 2. The lowest BCUT2D eigenvalue weighted by Gasteiger charge is -2.03. The normalized spacial score (nSPS) is 10.5. The molecule has 0 aliphatic carbocycles. The Labute approximate surface area is 115 Å². The van der Waals surface area contributed by atoms with Gasteiger partial charge in [-0.15, -0.1) is 11.8 Å². The zero-order valence-corrected chi connectivity index (χ0v) is 11.8. The van der Waals surface area contributed by atoms with Crippen LogP contribution in [0.15, 0.2) is 57.9 Å². The summed E-state index contributed by atoms with van der Waals surface area (Å²) in [4.78, 5) is 1.28. The summed E-state index contributed by atoms with van der Waals surface area (Å²) in [5.74, 6) is 0.987. The van der Waals surface area contributed by atoms with Crippen molar-refractivity contribution in [2.45, 2.75) is 17.2 Å². The number of hydrogen-bond donors (Lipinski definition) is 1. The summed E-state index contributed by atoms with van der Waals surface area (Å²) in [7, 11) is 0. The molecule has 0 heterocycles. The average Bonchev–Trinajstić information content (AvgIpc) is 2.37. The summed E-state index contributed by atoms with van der Waals surface area (Å²) in [6.45, 7) is 0.610. The minimum atomic E-state index is 0.610. The summed E-state index contributed by atoms with van der Waals surface area (Å²) < 4.78 is 1.13. The Hall–Kier alpha value is -0.770. The molecule has 2 aromatic carbocycles. The van der Waals surface area contributed by atoms with Gasteiger partial charge in [-0.3, -0.25) is 0 Å². The molecule has 0 aliphatic rings. The highest BCUT2D eigenvalue weighted by Crippen LogP contribution is 2.25. The van der Waals surface area contributed by atoms with Crippen LogP contribution in [0.1, 0.15) is 11.1 Å². The molecule has 0 radical (unpaired) electrons. The highest BCUT2D eigenvalue weighted by molar-refractivity contribution is 9.10. The SMILES string of the molecule is NCc1ccc(CSc2cccc(Br)c2)cc1. The van der Waals surface area contributed by atoms with Crippen LogP contribution in [-0.2, 0) is 12.3 Å². The molecule has 2 aromatic rings. The third-order valence-corrected chi connectivity index (χ3v) is 4.02. The molecule has 0 saturated heterocycles. The first kappa shape index (κ1) is 12.7. The van der Waals surface area contributed by atoms with E-state index in [0.29, 0.717) is 6.54 Å². The average molecular weight is 308 g/mol. The van der Waals surface area contributed by atoms with E-state index in [0.717, 1.165) is 10.2 Å². The van der Waals surface area contributed by atoms with Crippen LogP contribution < -0.4 is 5.73 Å². The van der Waals surface area contributed by atoms with Gasteiger partial charge in [-0.1, -0.05) is 46.3 Å². The van der Waals surface area contributed by atoms with Gasteiger partial charge in [0.25, 0.3) is 0 Å². The molecule has 0 unspecified atom stereocenters. The minimum absolute atomic E-state index is 0.610. The third kappa shape index (κ3) is 3.87. The van der Waals surface area contributed by atoms with Gasteiger partial charge in [-0.25, -0.2) is 0 Å². The van der Waals surface area contributed by atoms with E-state index in [1.165, 1.54) is 16.0 Å². The molecule has 2 N–H and O–H groups in total. The van der Waals surface area contributed by atoms with Crippen LogP contribution in [0.2, 0.25) is 0 Å². The van der Waals surface area contributed by atoms with Crippen molar-refractivity contribution in [3.8, 4) is 0 Å². The number of nitrogens with two attached hydrogens (primary N) is 1. The quantitative estimate of drug-likeness (QED) is 0.857. The van der Waals surface area contributed by atoms with Crippen molar-refractivity contribution in [3.63, 3.8) is 0 Å². The van der Waals surface area contributed by atoms with Crippen molar-refractivity contribution in [3.05, 3.63) is 64.1 Å². The van der Waals surface area contributed by atoms with Gasteiger partial charge >= 0.3 is 0 Å². The van der Waals surface area contributed by atoms with E-state index in [9.17, 15) is 0 Å². The van der Waals surface area contributed by atoms with E-state index in [1.54, 1.807) is 0 Å². The second-order valence-corrected chi connectivity index (χ2v) is 5.73. The lowest BCUT2D eigenvalue weighted by atomic mass is 10.1. The maximum absolute atomic E-state index is 5.57. The Balaban J connectivity index is 1.97. The van der Waals surface area contributed by atoms with Crippen LogP contribution in [-0.4, -0.2) is 0 Å². The Bertz CT molecular complexity index is 482. The number of thioether (sulfide) groups is 1. The Morgan fingerprint density at radius 2 is 1.71 bits per heavy atom. The maximum atomic E-state index is 5.57. The van der Waals surface area contributed by atoms with E-state index in [2.05, 4.69) is 58.4 Å². The fourth-order valence-electron chi connectivity index (χ4n) is 1.50. The summed E-state index contributed by atoms with van der Waals surface area (Å²) in [6, 6.07) is 16.8. The van der Waals surface area contributed by atoms with Crippen LogP contribution in [0.3, 0.4) is 0 Å². The first-order valence-electron chi connectivity index (χ1n) is 5.44. The molecule has 0 amide bonds. The fourth-order valence-corrected chi connectivity index (χ4v) is 2.96. The first-order chi connectivity index (χ1) is 8.28. The minimum Gasteiger partial charge on any atom is -0.326 e. The van der Waals surface area contributed by atoms with Crippen molar-refractivity contribution in [2.75, 3.05) is 0 Å². The second-order valence-electron chi connectivity index (χ2n) is 3.77. The van der Waals surface area contributed by atoms with E-state index in [1.807, 2.05) is 17.8 Å². The van der Waals surface area contributed by atoms with Crippen molar-refractivity contribution >= 4 is 27.7 Å². The molecule has 0 spiro atoms. The van der Waals surface area contributed by atoms with Crippen molar-refractivity contribution in [1.82, 2.24) is 0 Å². The van der Waals surface area contributed by atoms with E-state index in [4.69, 9.17) is 5.73 Å². The van der Waals surface area contributed by atoms with Crippen molar-refractivity contribution < 1.29 is 0 Å². The first-order valence-corrected chi connectivity index (χ1v) is 7.22. The molecule has 17 heavy (non-hydrogen) atoms. The molecule has 0 bridgehead atoms. The molecule has 0 aliphatic heterocycles. The van der Waals surface area contributed by atoms with Gasteiger partial charge in [0.05, 0.1) is 0 Å². The molecule has 2 rings (SSSR count). The van der Waals surface area contributed by atoms with Crippen LogP contribution in [0, 0.1) is 0 Å². The lowest BCUT2D eigenvalue weighted by Crippen LogP contribution is -1.95. The predicted octanol–water partition coefficient (Wildman–Crippen LogP) is 4.20. The molecule has 3 heteroatoms. The number of rotatable bonds is 4. The van der Waals surface area contributed by atoms with Crippen molar-refractivity contribution in [2.24, 2.45) is 5.73 Å². The third-order valence-electron chi connectivity index (χ3n) is 2.46. The van der Waals surface area contributed by atoms with Crippen LogP contribution >= 0.6 is 27.7 Å². The highest BCUT2D eigenvalue weighted by Gasteiger charge is 1.97. The Morgan fingerprint density at radius 3 is 2.35 bits per heavy atom. The maximum Gasteiger partial charge on any atom is 0.0232 e. The fraction of sp³-hybridized carbons (Fsp3) is 0.143. The summed E-state index contributed by atoms with van der Waals surface area (Å²) in [5, 5.41) is 0. The standard InChI is InChI=1S/C14H14BrNS/c15-13-2-1-3-14(8-13)17-10-12-6-4-11(9-16)5-7-12/h1-8H,9-10,16H2. The van der Waals surface area contributed by atoms with Gasteiger partial charge in [-0.05, 0) is 29.3 Å². The van der Waals surface area contributed by atoms with E-state index < -0.39 is 0 Å². The van der Waals surface area contributed by atoms with Crippen LogP contribution in [0.5, 0.6) is 0 Å². The molecule has 88 valence electrons. The monoisotopic (exact) mass is 307 g/mol. The Kier molecular flexibility index (Phi) is 4.66. The smallest absolute Gasteiger partial charge is 0.0232 e. The summed E-state index contributed by atoms with van der Waals surface area (Å²) in [6.07, 6.45) is 0. The largest absolute Gasteiger partial charge is 0.326 e. The van der Waals surface area contributed by atoms with E-state index in [-0.39, 0.29) is 0 Å². The molecule has 0 saturated carbocycles.